The van der Waals surface area contributed by atoms with Gasteiger partial charge in [-0.15, -0.1) is 0 Å². The van der Waals surface area contributed by atoms with Gasteiger partial charge in [-0.2, -0.15) is 4.31 Å². The van der Waals surface area contributed by atoms with E-state index in [1.807, 2.05) is 4.90 Å². The second kappa shape index (κ2) is 8.81. The lowest BCUT2D eigenvalue weighted by Gasteiger charge is -2.29. The van der Waals surface area contributed by atoms with Crippen molar-refractivity contribution in [1.29, 1.82) is 0 Å². The van der Waals surface area contributed by atoms with Crippen molar-refractivity contribution in [2.24, 2.45) is 0 Å². The number of amides is 2. The third-order valence-corrected chi connectivity index (χ3v) is 7.49. The Morgan fingerprint density at radius 3 is 2.48 bits per heavy atom. The predicted octanol–water partition coefficient (Wildman–Crippen LogP) is 0.770. The zero-order chi connectivity index (χ0) is 21.2. The Morgan fingerprint density at radius 1 is 1.03 bits per heavy atom. The largest absolute Gasteiger partial charge is 0.348 e. The number of benzene rings is 1. The number of anilines is 1. The average molecular weight is 423 g/mol. The van der Waals surface area contributed by atoms with Crippen LogP contribution >= 0.6 is 0 Å². The van der Waals surface area contributed by atoms with Crippen LogP contribution in [-0.2, 0) is 26.0 Å². The van der Waals surface area contributed by atoms with E-state index in [1.165, 1.54) is 11.2 Å². The van der Waals surface area contributed by atoms with Gasteiger partial charge in [0.1, 0.15) is 0 Å². The summed E-state index contributed by atoms with van der Waals surface area (Å²) in [5.74, 6) is -0.00698. The van der Waals surface area contributed by atoms with Crippen LogP contribution in [-0.4, -0.2) is 87.7 Å². The van der Waals surface area contributed by atoms with Gasteiger partial charge in [0, 0.05) is 52.9 Å². The molecule has 2 amide bonds. The number of rotatable bonds is 4. The van der Waals surface area contributed by atoms with Crippen molar-refractivity contribution < 1.29 is 18.0 Å². The summed E-state index contributed by atoms with van der Waals surface area (Å²) in [4.78, 5) is 29.4. The molecule has 2 aliphatic heterocycles. The molecular weight excluding hydrogens is 392 g/mol. The van der Waals surface area contributed by atoms with Gasteiger partial charge in [0.15, 0.2) is 0 Å². The number of carbonyl (C=O) groups is 2. The van der Waals surface area contributed by atoms with E-state index in [0.717, 1.165) is 24.1 Å². The number of carbonyl (C=O) groups excluding carboxylic acids is 2. The number of hydrogen-bond donors (Lipinski definition) is 0. The number of aryl methyl sites for hydroxylation is 1. The number of sulfonamides is 1. The summed E-state index contributed by atoms with van der Waals surface area (Å²) < 4.78 is 28.0. The summed E-state index contributed by atoms with van der Waals surface area (Å²) in [5, 5.41) is 0. The summed E-state index contributed by atoms with van der Waals surface area (Å²) in [6, 6.07) is 5.08. The lowest BCUT2D eigenvalue weighted by molar-refractivity contribution is -0.129. The van der Waals surface area contributed by atoms with Crippen molar-refractivity contribution in [3.63, 3.8) is 0 Å². The number of hydrogen-bond acceptors (Lipinski definition) is 5. The first-order valence-electron chi connectivity index (χ1n) is 10.0. The summed E-state index contributed by atoms with van der Waals surface area (Å²) in [6.07, 6.45) is 2.28. The molecule has 1 aromatic carbocycles. The van der Waals surface area contributed by atoms with Gasteiger partial charge in [0.05, 0.1) is 11.4 Å². The number of likely N-dealkylation sites (N-methyl/N-ethyl adjacent to an activating group) is 1. The smallest absolute Gasteiger partial charge is 0.243 e. The summed E-state index contributed by atoms with van der Waals surface area (Å²) in [7, 11) is -0.172. The molecule has 1 aromatic rings. The lowest BCUT2D eigenvalue weighted by Crippen LogP contribution is -2.39. The Balaban J connectivity index is 1.75. The maximum atomic E-state index is 13.2. The molecule has 0 spiro atoms. The molecule has 1 saturated heterocycles. The summed E-state index contributed by atoms with van der Waals surface area (Å²) in [5.41, 5.74) is 1.72. The minimum Gasteiger partial charge on any atom is -0.348 e. The molecule has 8 nitrogen and oxygen atoms in total. The molecule has 29 heavy (non-hydrogen) atoms. The highest BCUT2D eigenvalue weighted by Crippen LogP contribution is 2.30. The van der Waals surface area contributed by atoms with Gasteiger partial charge in [-0.25, -0.2) is 8.42 Å². The Labute approximate surface area is 173 Å². The highest BCUT2D eigenvalue weighted by atomic mass is 32.2. The van der Waals surface area contributed by atoms with E-state index in [0.29, 0.717) is 45.7 Å². The van der Waals surface area contributed by atoms with E-state index in [-0.39, 0.29) is 16.7 Å². The molecule has 0 N–H and O–H groups in total. The summed E-state index contributed by atoms with van der Waals surface area (Å²) in [6.45, 7) is 4.53. The van der Waals surface area contributed by atoms with Gasteiger partial charge >= 0.3 is 0 Å². The third kappa shape index (κ3) is 4.79. The van der Waals surface area contributed by atoms with Crippen molar-refractivity contribution in [1.82, 2.24) is 14.1 Å². The molecular formula is C20H30N4O4S. The van der Waals surface area contributed by atoms with Crippen molar-refractivity contribution in [2.75, 3.05) is 58.3 Å². The van der Waals surface area contributed by atoms with Crippen LogP contribution in [0, 0.1) is 0 Å². The fraction of sp³-hybridized carbons (Fsp3) is 0.600. The van der Waals surface area contributed by atoms with Crippen LogP contribution in [0.15, 0.2) is 23.1 Å². The van der Waals surface area contributed by atoms with E-state index in [2.05, 4.69) is 0 Å². The Morgan fingerprint density at radius 2 is 1.79 bits per heavy atom. The minimum absolute atomic E-state index is 0.0195. The Kier molecular flexibility index (Phi) is 6.60. The highest BCUT2D eigenvalue weighted by molar-refractivity contribution is 7.89. The third-order valence-electron chi connectivity index (χ3n) is 5.59. The summed E-state index contributed by atoms with van der Waals surface area (Å²) >= 11 is 0. The molecule has 0 aliphatic carbocycles. The second-order valence-electron chi connectivity index (χ2n) is 7.89. The van der Waals surface area contributed by atoms with Crippen molar-refractivity contribution >= 4 is 27.5 Å². The fourth-order valence-electron chi connectivity index (χ4n) is 3.89. The maximum Gasteiger partial charge on any atom is 0.243 e. The SMILES string of the molecule is CC(=O)N1CCCc2cc(S(=O)(=O)N3CCCN(CC(=O)N(C)C)CC3)ccc21. The van der Waals surface area contributed by atoms with Gasteiger partial charge in [0.25, 0.3) is 0 Å². The number of fused-ring (bicyclic) bond motifs is 1. The van der Waals surface area contributed by atoms with Crippen molar-refractivity contribution in [2.45, 2.75) is 31.1 Å². The highest BCUT2D eigenvalue weighted by Gasteiger charge is 2.29. The van der Waals surface area contributed by atoms with Crippen LogP contribution in [0.3, 0.4) is 0 Å². The van der Waals surface area contributed by atoms with E-state index in [9.17, 15) is 18.0 Å². The quantitative estimate of drug-likeness (QED) is 0.716. The molecule has 2 heterocycles. The van der Waals surface area contributed by atoms with Gasteiger partial charge in [-0.1, -0.05) is 0 Å². The predicted molar refractivity (Wildman–Crippen MR) is 111 cm³/mol. The van der Waals surface area contributed by atoms with Gasteiger partial charge in [-0.3, -0.25) is 14.5 Å². The van der Waals surface area contributed by atoms with Crippen LogP contribution in [0.4, 0.5) is 5.69 Å². The normalized spacial score (nSPS) is 18.8. The topological polar surface area (TPSA) is 81.2 Å². The monoisotopic (exact) mass is 422 g/mol. The molecule has 0 aromatic heterocycles. The molecule has 0 atom stereocenters. The lowest BCUT2D eigenvalue weighted by atomic mass is 10.0. The van der Waals surface area contributed by atoms with E-state index in [1.54, 1.807) is 42.1 Å². The van der Waals surface area contributed by atoms with Gasteiger partial charge in [-0.05, 0) is 49.6 Å². The molecule has 160 valence electrons. The standard InChI is InChI=1S/C20H30N4O4S/c1-16(25)24-11-4-6-17-14-18(7-8-19(17)24)29(27,28)23-10-5-9-22(12-13-23)15-20(26)21(2)3/h7-8,14H,4-6,9-13,15H2,1-3H3. The fourth-order valence-corrected chi connectivity index (χ4v) is 5.41. The first-order chi connectivity index (χ1) is 13.7. The molecule has 0 bridgehead atoms. The zero-order valence-electron chi connectivity index (χ0n) is 17.4. The first kappa shape index (κ1) is 21.7. The molecule has 2 aliphatic rings. The Bertz CT molecular complexity index is 884. The van der Waals surface area contributed by atoms with Gasteiger partial charge in [0.2, 0.25) is 21.8 Å². The van der Waals surface area contributed by atoms with E-state index in [4.69, 9.17) is 0 Å². The molecule has 0 unspecified atom stereocenters. The molecule has 9 heteroatoms. The van der Waals surface area contributed by atoms with Crippen LogP contribution in [0.2, 0.25) is 0 Å². The molecule has 1 fully saturated rings. The van der Waals surface area contributed by atoms with E-state index < -0.39 is 10.0 Å². The van der Waals surface area contributed by atoms with E-state index >= 15 is 0 Å². The van der Waals surface area contributed by atoms with Gasteiger partial charge < -0.3 is 9.80 Å². The zero-order valence-corrected chi connectivity index (χ0v) is 18.2. The maximum absolute atomic E-state index is 13.2. The van der Waals surface area contributed by atoms with Crippen LogP contribution < -0.4 is 4.90 Å². The van der Waals surface area contributed by atoms with Crippen molar-refractivity contribution in [3.8, 4) is 0 Å². The average Bonchev–Trinajstić information content (AvgIpc) is 2.92. The first-order valence-corrected chi connectivity index (χ1v) is 11.5. The molecule has 0 radical (unpaired) electrons. The van der Waals surface area contributed by atoms with Crippen LogP contribution in [0.5, 0.6) is 0 Å². The second-order valence-corrected chi connectivity index (χ2v) is 9.82. The number of nitrogens with zero attached hydrogens (tertiary/aromatic N) is 4. The minimum atomic E-state index is -3.62. The Hall–Kier alpha value is -1.97. The van der Waals surface area contributed by atoms with Crippen LogP contribution in [0.25, 0.3) is 0 Å². The molecule has 3 rings (SSSR count). The van der Waals surface area contributed by atoms with Crippen LogP contribution in [0.1, 0.15) is 25.3 Å². The van der Waals surface area contributed by atoms with Crippen molar-refractivity contribution in [3.05, 3.63) is 23.8 Å². The molecule has 0 saturated carbocycles.